The molecular formula is C18H23N3O2. The second kappa shape index (κ2) is 5.81. The van der Waals surface area contributed by atoms with Gasteiger partial charge in [-0.25, -0.2) is 4.79 Å². The zero-order chi connectivity index (χ0) is 16.6. The molecule has 23 heavy (non-hydrogen) atoms. The Balaban J connectivity index is 1.90. The summed E-state index contributed by atoms with van der Waals surface area (Å²) >= 11 is 0. The van der Waals surface area contributed by atoms with Crippen LogP contribution >= 0.6 is 0 Å². The van der Waals surface area contributed by atoms with Crippen LogP contribution in [0.5, 0.6) is 0 Å². The third-order valence-corrected chi connectivity index (χ3v) is 4.22. The van der Waals surface area contributed by atoms with E-state index in [0.29, 0.717) is 6.54 Å². The third kappa shape index (κ3) is 3.15. The van der Waals surface area contributed by atoms with Crippen LogP contribution < -0.4 is 0 Å². The molecule has 3 rings (SSSR count). The average Bonchev–Trinajstić information content (AvgIpc) is 2.87. The quantitative estimate of drug-likeness (QED) is 0.946. The van der Waals surface area contributed by atoms with E-state index in [0.717, 1.165) is 30.8 Å². The van der Waals surface area contributed by atoms with Gasteiger partial charge in [0.1, 0.15) is 0 Å². The minimum atomic E-state index is -0.939. The van der Waals surface area contributed by atoms with Crippen LogP contribution in [0.2, 0.25) is 0 Å². The van der Waals surface area contributed by atoms with Gasteiger partial charge in [0.2, 0.25) is 0 Å². The van der Waals surface area contributed by atoms with E-state index in [1.54, 1.807) is 0 Å². The van der Waals surface area contributed by atoms with E-state index in [9.17, 15) is 9.90 Å². The number of benzene rings is 1. The molecule has 1 N–H and O–H groups in total. The molecule has 1 aromatic carbocycles. The van der Waals surface area contributed by atoms with Crippen LogP contribution in [0.3, 0.4) is 0 Å². The molecule has 0 saturated heterocycles. The highest BCUT2D eigenvalue weighted by molar-refractivity contribution is 5.87. The first-order chi connectivity index (χ1) is 10.9. The van der Waals surface area contributed by atoms with E-state index in [2.05, 4.69) is 42.9 Å². The van der Waals surface area contributed by atoms with E-state index in [1.807, 2.05) is 22.9 Å². The van der Waals surface area contributed by atoms with Crippen molar-refractivity contribution < 1.29 is 9.90 Å². The summed E-state index contributed by atoms with van der Waals surface area (Å²) in [6.45, 7) is 8.57. The number of hydrogen-bond donors (Lipinski definition) is 1. The topological polar surface area (TPSA) is 58.4 Å². The maximum absolute atomic E-state index is 11.6. The number of carboxylic acids is 1. The molecule has 0 unspecified atom stereocenters. The van der Waals surface area contributed by atoms with Crippen LogP contribution in [0, 0.1) is 0 Å². The molecule has 0 aliphatic carbocycles. The smallest absolute Gasteiger partial charge is 0.356 e. The van der Waals surface area contributed by atoms with Crippen LogP contribution in [0.25, 0.3) is 0 Å². The summed E-state index contributed by atoms with van der Waals surface area (Å²) in [5, 5.41) is 13.9. The summed E-state index contributed by atoms with van der Waals surface area (Å²) in [4.78, 5) is 13.9. The van der Waals surface area contributed by atoms with Gasteiger partial charge in [-0.05, 0) is 26.3 Å². The van der Waals surface area contributed by atoms with Crippen molar-refractivity contribution in [2.45, 2.75) is 45.8 Å². The monoisotopic (exact) mass is 313 g/mol. The predicted molar refractivity (Wildman–Crippen MR) is 88.4 cm³/mol. The lowest BCUT2D eigenvalue weighted by molar-refractivity contribution is 0.0686. The van der Waals surface area contributed by atoms with E-state index in [-0.39, 0.29) is 11.2 Å². The first-order valence-electron chi connectivity index (χ1n) is 7.97. The summed E-state index contributed by atoms with van der Waals surface area (Å²) in [7, 11) is 0. The standard InChI is InChI=1S/C18H23N3O2/c1-18(2,3)21-15-9-10-20(11-13-7-5-4-6-8-13)12-14(15)16(19-21)17(22)23/h4-8H,9-12H2,1-3H3,(H,22,23). The van der Waals surface area contributed by atoms with Gasteiger partial charge in [0.25, 0.3) is 0 Å². The number of hydrogen-bond acceptors (Lipinski definition) is 3. The van der Waals surface area contributed by atoms with Crippen molar-refractivity contribution >= 4 is 5.97 Å². The molecule has 0 bridgehead atoms. The lowest BCUT2D eigenvalue weighted by Gasteiger charge is -2.30. The minimum Gasteiger partial charge on any atom is -0.476 e. The van der Waals surface area contributed by atoms with Gasteiger partial charge in [-0.3, -0.25) is 9.58 Å². The molecule has 0 radical (unpaired) electrons. The second-order valence-electron chi connectivity index (χ2n) is 7.11. The van der Waals surface area contributed by atoms with Gasteiger partial charge >= 0.3 is 5.97 Å². The molecule has 5 nitrogen and oxygen atoms in total. The summed E-state index contributed by atoms with van der Waals surface area (Å²) in [6.07, 6.45) is 0.833. The van der Waals surface area contributed by atoms with Gasteiger partial charge in [0, 0.05) is 37.3 Å². The van der Waals surface area contributed by atoms with E-state index < -0.39 is 5.97 Å². The fourth-order valence-electron chi connectivity index (χ4n) is 3.18. The fraction of sp³-hybridized carbons (Fsp3) is 0.444. The largest absolute Gasteiger partial charge is 0.476 e. The fourth-order valence-corrected chi connectivity index (χ4v) is 3.18. The summed E-state index contributed by atoms with van der Waals surface area (Å²) < 4.78 is 1.89. The van der Waals surface area contributed by atoms with Crippen LogP contribution in [0.15, 0.2) is 30.3 Å². The molecule has 0 saturated carbocycles. The molecule has 0 spiro atoms. The Labute approximate surface area is 136 Å². The van der Waals surface area contributed by atoms with E-state index >= 15 is 0 Å². The van der Waals surface area contributed by atoms with Gasteiger partial charge in [0.15, 0.2) is 5.69 Å². The van der Waals surface area contributed by atoms with Crippen LogP contribution in [0.4, 0.5) is 0 Å². The Bertz CT molecular complexity index is 714. The highest BCUT2D eigenvalue weighted by Gasteiger charge is 2.31. The molecular weight excluding hydrogens is 290 g/mol. The van der Waals surface area contributed by atoms with Crippen molar-refractivity contribution in [1.82, 2.24) is 14.7 Å². The first kappa shape index (κ1) is 15.7. The number of aromatic carboxylic acids is 1. The Hall–Kier alpha value is -2.14. The number of fused-ring (bicyclic) bond motifs is 1. The zero-order valence-corrected chi connectivity index (χ0v) is 13.9. The first-order valence-corrected chi connectivity index (χ1v) is 7.97. The minimum absolute atomic E-state index is 0.202. The van der Waals surface area contributed by atoms with Crippen molar-refractivity contribution in [2.75, 3.05) is 6.54 Å². The van der Waals surface area contributed by atoms with Crippen LogP contribution in [0.1, 0.15) is 48.1 Å². The van der Waals surface area contributed by atoms with Crippen molar-refractivity contribution in [2.24, 2.45) is 0 Å². The van der Waals surface area contributed by atoms with Crippen molar-refractivity contribution in [3.8, 4) is 0 Å². The lowest BCUT2D eigenvalue weighted by atomic mass is 10.0. The maximum atomic E-state index is 11.6. The summed E-state index contributed by atoms with van der Waals surface area (Å²) in [6, 6.07) is 10.3. The number of carboxylic acid groups (broad SMARTS) is 1. The normalized spacial score (nSPS) is 15.4. The number of carbonyl (C=O) groups is 1. The number of aromatic nitrogens is 2. The molecule has 1 aliphatic rings. The molecule has 2 heterocycles. The average molecular weight is 313 g/mol. The Kier molecular flexibility index (Phi) is 3.98. The molecule has 5 heteroatoms. The summed E-state index contributed by atoms with van der Waals surface area (Å²) in [5.74, 6) is -0.939. The van der Waals surface area contributed by atoms with Crippen molar-refractivity contribution in [1.29, 1.82) is 0 Å². The maximum Gasteiger partial charge on any atom is 0.356 e. The second-order valence-corrected chi connectivity index (χ2v) is 7.11. The number of rotatable bonds is 3. The Morgan fingerprint density at radius 1 is 1.26 bits per heavy atom. The molecule has 0 amide bonds. The van der Waals surface area contributed by atoms with Crippen LogP contribution in [-0.4, -0.2) is 32.3 Å². The Morgan fingerprint density at radius 2 is 1.96 bits per heavy atom. The SMILES string of the molecule is CC(C)(C)n1nc(C(=O)O)c2c1CCN(Cc1ccccc1)C2. The molecule has 122 valence electrons. The highest BCUT2D eigenvalue weighted by Crippen LogP contribution is 2.28. The van der Waals surface area contributed by atoms with Crippen LogP contribution in [-0.2, 0) is 25.0 Å². The van der Waals surface area contributed by atoms with E-state index in [4.69, 9.17) is 0 Å². The predicted octanol–water partition coefficient (Wildman–Crippen LogP) is 2.89. The summed E-state index contributed by atoms with van der Waals surface area (Å²) in [5.41, 5.74) is 3.18. The molecule has 1 aliphatic heterocycles. The van der Waals surface area contributed by atoms with Crippen molar-refractivity contribution in [3.63, 3.8) is 0 Å². The van der Waals surface area contributed by atoms with Crippen molar-refractivity contribution in [3.05, 3.63) is 52.8 Å². The van der Waals surface area contributed by atoms with Gasteiger partial charge in [-0.15, -0.1) is 0 Å². The molecule has 0 atom stereocenters. The van der Waals surface area contributed by atoms with Gasteiger partial charge < -0.3 is 5.11 Å². The lowest BCUT2D eigenvalue weighted by Crippen LogP contribution is -2.33. The van der Waals surface area contributed by atoms with E-state index in [1.165, 1.54) is 5.56 Å². The highest BCUT2D eigenvalue weighted by atomic mass is 16.4. The Morgan fingerprint density at radius 3 is 2.57 bits per heavy atom. The van der Waals surface area contributed by atoms with Gasteiger partial charge in [0.05, 0.1) is 5.54 Å². The number of nitrogens with zero attached hydrogens (tertiary/aromatic N) is 3. The molecule has 2 aromatic rings. The molecule has 1 aromatic heterocycles. The molecule has 0 fully saturated rings. The van der Waals surface area contributed by atoms with Gasteiger partial charge in [-0.2, -0.15) is 5.10 Å². The zero-order valence-electron chi connectivity index (χ0n) is 13.9. The third-order valence-electron chi connectivity index (χ3n) is 4.22. The van der Waals surface area contributed by atoms with Gasteiger partial charge in [-0.1, -0.05) is 30.3 Å².